The molecule has 3 aromatic carbocycles. The first-order valence-electron chi connectivity index (χ1n) is 17.5. The average Bonchev–Trinajstić information content (AvgIpc) is 3.19. The summed E-state index contributed by atoms with van der Waals surface area (Å²) in [7, 11) is 0. The summed E-state index contributed by atoms with van der Waals surface area (Å²) in [5, 5.41) is 33.1. The van der Waals surface area contributed by atoms with Gasteiger partial charge in [0.1, 0.15) is 11.5 Å². The van der Waals surface area contributed by atoms with E-state index in [9.17, 15) is 33.3 Å². The lowest BCUT2D eigenvalue weighted by Crippen LogP contribution is -2.49. The number of aliphatic hydroxyl groups is 1. The summed E-state index contributed by atoms with van der Waals surface area (Å²) >= 11 is 11.4. The lowest BCUT2D eigenvalue weighted by Gasteiger charge is -2.34. The van der Waals surface area contributed by atoms with Crippen molar-refractivity contribution in [3.05, 3.63) is 105 Å². The largest absolute Gasteiger partial charge is 0.475 e. The molecule has 7 rings (SSSR count). The molecule has 0 aliphatic carbocycles. The Labute approximate surface area is 348 Å². The second-order valence-corrected chi connectivity index (χ2v) is 13.9. The Hall–Kier alpha value is -6.97. The van der Waals surface area contributed by atoms with Crippen LogP contribution in [0.3, 0.4) is 0 Å². The maximum Gasteiger partial charge on any atom is 0.411 e. The number of anilines is 7. The third kappa shape index (κ3) is 10.2. The van der Waals surface area contributed by atoms with Gasteiger partial charge in [-0.3, -0.25) is 25.0 Å². The number of halogens is 4. The number of nitro benzene ring substituents is 1. The van der Waals surface area contributed by atoms with Gasteiger partial charge in [0.25, 0.3) is 17.5 Å². The normalized spacial score (nSPS) is 17.4. The van der Waals surface area contributed by atoms with Crippen molar-refractivity contribution in [2.75, 3.05) is 39.8 Å². The molecule has 19 nitrogen and oxygen atoms in total. The van der Waals surface area contributed by atoms with E-state index in [1.54, 1.807) is 37.3 Å². The van der Waals surface area contributed by atoms with Crippen LogP contribution in [0.5, 0.6) is 11.5 Å². The van der Waals surface area contributed by atoms with Crippen molar-refractivity contribution < 1.29 is 47.4 Å². The van der Waals surface area contributed by atoms with Crippen molar-refractivity contribution in [1.29, 1.82) is 0 Å². The van der Waals surface area contributed by atoms with Crippen LogP contribution in [-0.4, -0.2) is 72.3 Å². The summed E-state index contributed by atoms with van der Waals surface area (Å²) in [6.45, 7) is 2.80. The first-order chi connectivity index (χ1) is 28.5. The van der Waals surface area contributed by atoms with E-state index < -0.39 is 39.8 Å². The predicted molar refractivity (Wildman–Crippen MR) is 213 cm³/mol. The van der Waals surface area contributed by atoms with Crippen molar-refractivity contribution >= 4 is 86.9 Å². The fourth-order valence-corrected chi connectivity index (χ4v) is 5.81. The number of nitrogens with zero attached hydrogens (tertiary/aromatic N) is 5. The lowest BCUT2D eigenvalue weighted by molar-refractivity contribution is -0.384. The highest BCUT2D eigenvalue weighted by molar-refractivity contribution is 6.28. The van der Waals surface area contributed by atoms with Gasteiger partial charge in [0, 0.05) is 43.0 Å². The Morgan fingerprint density at radius 1 is 0.833 bits per heavy atom. The summed E-state index contributed by atoms with van der Waals surface area (Å²) in [6, 6.07) is 14.9. The molecule has 0 bridgehead atoms. The van der Waals surface area contributed by atoms with Crippen molar-refractivity contribution in [3.63, 3.8) is 0 Å². The number of nitro groups is 1. The molecule has 5 aromatic rings. The fourth-order valence-electron chi connectivity index (χ4n) is 5.55. The summed E-state index contributed by atoms with van der Waals surface area (Å²) in [6.07, 6.45) is 1.23. The van der Waals surface area contributed by atoms with E-state index in [0.717, 1.165) is 12.4 Å². The van der Waals surface area contributed by atoms with Crippen molar-refractivity contribution in [2.24, 2.45) is 0 Å². The molecule has 23 heteroatoms. The van der Waals surface area contributed by atoms with Crippen LogP contribution in [0.25, 0.3) is 0 Å². The number of hydrogen-bond acceptors (Lipinski definition) is 15. The molecule has 2 aliphatic rings. The molecule has 60 heavy (non-hydrogen) atoms. The standard InChI is InChI=1S/C22H18ClFN6O6.C15H14ClFN4O3/c1-22(7-8-35-21(32)27-12-3-2-4-14(9-12)30(33)34)19(31)28-16-10-13(5-6-17(16)36-22)26-18-15(24)11-25-20(23)29-18;1-15(4-5-22)13(23)20-10-6-8(2-3-11(10)24-15)19-12-9(17)7-18-14(16)21-12/h2-6,9-11H,7-8H2,1H3,(H,27,32)(H,28,31)(H,25,26,29);2-3,6-7,22H,4-5H2,1H3,(H,20,23)(H,18,19,21). The second kappa shape index (κ2) is 17.9. The molecule has 0 spiro atoms. The number of rotatable bonds is 11. The Bertz CT molecular complexity index is 2490. The number of aromatic nitrogens is 4. The summed E-state index contributed by atoms with van der Waals surface area (Å²) in [4.78, 5) is 61.9. The lowest BCUT2D eigenvalue weighted by atomic mass is 9.99. The SMILES string of the molecule is CC1(CCO)Oc2ccc(Nc3nc(Cl)ncc3F)cc2NC1=O.CC1(CCOC(=O)Nc2cccc([N+](=O)[O-])c2)Oc2ccc(Nc3nc(Cl)ncc3F)cc2NC1=O. The van der Waals surface area contributed by atoms with Gasteiger partial charge in [0.15, 0.2) is 34.5 Å². The van der Waals surface area contributed by atoms with Crippen LogP contribution in [0.15, 0.2) is 73.1 Å². The first-order valence-corrected chi connectivity index (χ1v) is 18.3. The molecule has 0 fully saturated rings. The molecule has 2 unspecified atom stereocenters. The van der Waals surface area contributed by atoms with Gasteiger partial charge in [-0.05, 0) is 79.5 Å². The van der Waals surface area contributed by atoms with Crippen LogP contribution >= 0.6 is 23.2 Å². The highest BCUT2D eigenvalue weighted by Crippen LogP contribution is 2.39. The zero-order valence-corrected chi connectivity index (χ0v) is 32.7. The highest BCUT2D eigenvalue weighted by atomic mass is 35.5. The number of hydrogen-bond donors (Lipinski definition) is 6. The maximum atomic E-state index is 13.9. The first kappa shape index (κ1) is 42.6. The molecule has 2 aromatic heterocycles. The van der Waals surface area contributed by atoms with Gasteiger partial charge in [-0.1, -0.05) is 6.07 Å². The predicted octanol–water partition coefficient (Wildman–Crippen LogP) is 7.13. The summed E-state index contributed by atoms with van der Waals surface area (Å²) in [5.41, 5.74) is -0.810. The van der Waals surface area contributed by atoms with Crippen LogP contribution in [-0.2, 0) is 14.3 Å². The zero-order chi connectivity index (χ0) is 43.2. The maximum absolute atomic E-state index is 13.9. The highest BCUT2D eigenvalue weighted by Gasteiger charge is 2.41. The van der Waals surface area contributed by atoms with Gasteiger partial charge in [-0.25, -0.2) is 23.5 Å². The second-order valence-electron chi connectivity index (χ2n) is 13.2. The van der Waals surface area contributed by atoms with E-state index in [1.165, 1.54) is 37.3 Å². The quantitative estimate of drug-likeness (QED) is 0.0438. The number of nitrogens with one attached hydrogen (secondary N) is 5. The number of carbonyl (C=O) groups is 3. The smallest absolute Gasteiger partial charge is 0.411 e. The molecular weight excluding hydrogens is 837 g/mol. The number of non-ortho nitro benzene ring substituents is 1. The van der Waals surface area contributed by atoms with Gasteiger partial charge in [0.05, 0.1) is 41.0 Å². The number of aliphatic hydroxyl groups excluding tert-OH is 1. The minimum Gasteiger partial charge on any atom is -0.475 e. The topological polar surface area (TPSA) is 254 Å². The van der Waals surface area contributed by atoms with Crippen LogP contribution in [0.4, 0.5) is 59.3 Å². The minimum atomic E-state index is -1.35. The van der Waals surface area contributed by atoms with E-state index in [-0.39, 0.29) is 65.5 Å². The minimum absolute atomic E-state index is 0.0191. The van der Waals surface area contributed by atoms with Crippen molar-refractivity contribution in [1.82, 2.24) is 19.9 Å². The van der Waals surface area contributed by atoms with Crippen molar-refractivity contribution in [2.45, 2.75) is 37.9 Å². The van der Waals surface area contributed by atoms with E-state index >= 15 is 0 Å². The summed E-state index contributed by atoms with van der Waals surface area (Å²) in [5.74, 6) is -1.62. The third-order valence-corrected chi connectivity index (χ3v) is 9.11. The van der Waals surface area contributed by atoms with Gasteiger partial charge >= 0.3 is 6.09 Å². The van der Waals surface area contributed by atoms with E-state index in [4.69, 9.17) is 42.5 Å². The van der Waals surface area contributed by atoms with Gasteiger partial charge < -0.3 is 40.6 Å². The van der Waals surface area contributed by atoms with Crippen LogP contribution in [0.1, 0.15) is 26.7 Å². The van der Waals surface area contributed by atoms with Gasteiger partial charge in [-0.15, -0.1) is 0 Å². The number of carbonyl (C=O) groups excluding carboxylic acids is 3. The van der Waals surface area contributed by atoms with Gasteiger partial charge in [0.2, 0.25) is 10.6 Å². The Kier molecular flexibility index (Phi) is 12.7. The molecule has 0 radical (unpaired) electrons. The Morgan fingerprint density at radius 2 is 1.35 bits per heavy atom. The van der Waals surface area contributed by atoms with E-state index in [1.807, 2.05) is 0 Å². The van der Waals surface area contributed by atoms with Crippen LogP contribution in [0, 0.1) is 21.7 Å². The third-order valence-electron chi connectivity index (χ3n) is 8.75. The molecular formula is C37H32Cl2F2N10O9. The number of benzene rings is 3. The van der Waals surface area contributed by atoms with Crippen LogP contribution in [0.2, 0.25) is 10.6 Å². The fraction of sp³-hybridized carbons (Fsp3) is 0.216. The molecule has 0 saturated heterocycles. The number of ether oxygens (including phenoxy) is 3. The van der Waals surface area contributed by atoms with Crippen LogP contribution < -0.4 is 36.1 Å². The summed E-state index contributed by atoms with van der Waals surface area (Å²) < 4.78 is 44.3. The average molecular weight is 870 g/mol. The Morgan fingerprint density at radius 3 is 1.85 bits per heavy atom. The monoisotopic (exact) mass is 868 g/mol. The number of fused-ring (bicyclic) bond motifs is 2. The molecule has 0 saturated carbocycles. The molecule has 2 aliphatic heterocycles. The van der Waals surface area contributed by atoms with E-state index in [0.29, 0.717) is 34.2 Å². The van der Waals surface area contributed by atoms with Gasteiger partial charge in [-0.2, -0.15) is 9.97 Å². The molecule has 312 valence electrons. The molecule has 2 atom stereocenters. The van der Waals surface area contributed by atoms with E-state index in [2.05, 4.69) is 46.5 Å². The van der Waals surface area contributed by atoms with Crippen molar-refractivity contribution in [3.8, 4) is 11.5 Å². The molecule has 6 N–H and O–H groups in total. The molecule has 3 amide bonds. The zero-order valence-electron chi connectivity index (χ0n) is 31.2. The molecule has 4 heterocycles. The Balaban J connectivity index is 0.000000218. The number of amides is 3.